The van der Waals surface area contributed by atoms with E-state index >= 15 is 0 Å². The maximum atomic E-state index is 12.9. The number of carbonyl (C=O) groups is 2. The molecule has 1 saturated heterocycles. The second kappa shape index (κ2) is 6.23. The normalized spacial score (nSPS) is 20.1. The maximum absolute atomic E-state index is 12.9. The molecular formula is C18H21N3O4. The standard InChI is InChI=1S/C18H21N3O4/c1-11-15(12(2)25-20-11)10-21-16(22)18(3,19-17(21)23)9-13-5-7-14(24-4)8-6-13/h5-8H,9-10H2,1-4H3,(H,19,23)/t18-/m0/s1. The molecule has 1 N–H and O–H groups in total. The third kappa shape index (κ3) is 3.09. The zero-order chi connectivity index (χ0) is 18.2. The van der Waals surface area contributed by atoms with E-state index in [1.54, 1.807) is 27.9 Å². The summed E-state index contributed by atoms with van der Waals surface area (Å²) >= 11 is 0. The van der Waals surface area contributed by atoms with Gasteiger partial charge in [-0.2, -0.15) is 0 Å². The van der Waals surface area contributed by atoms with E-state index in [0.29, 0.717) is 17.9 Å². The average molecular weight is 343 g/mol. The largest absolute Gasteiger partial charge is 0.497 e. The molecule has 132 valence electrons. The van der Waals surface area contributed by atoms with Crippen molar-refractivity contribution in [1.29, 1.82) is 0 Å². The van der Waals surface area contributed by atoms with Gasteiger partial charge in [0, 0.05) is 12.0 Å². The number of ether oxygens (including phenoxy) is 1. The molecule has 25 heavy (non-hydrogen) atoms. The Hall–Kier alpha value is -2.83. The van der Waals surface area contributed by atoms with Crippen LogP contribution < -0.4 is 10.1 Å². The first-order valence-corrected chi connectivity index (χ1v) is 8.03. The molecule has 2 heterocycles. The number of hydrogen-bond acceptors (Lipinski definition) is 5. The fraction of sp³-hybridized carbons (Fsp3) is 0.389. The Morgan fingerprint density at radius 1 is 1.24 bits per heavy atom. The third-order valence-electron chi connectivity index (χ3n) is 4.56. The second-order valence-corrected chi connectivity index (χ2v) is 6.48. The van der Waals surface area contributed by atoms with Gasteiger partial charge in [0.1, 0.15) is 17.0 Å². The van der Waals surface area contributed by atoms with Crippen LogP contribution in [0.1, 0.15) is 29.5 Å². The van der Waals surface area contributed by atoms with Gasteiger partial charge in [-0.25, -0.2) is 4.79 Å². The van der Waals surface area contributed by atoms with Gasteiger partial charge in [-0.3, -0.25) is 9.69 Å². The third-order valence-corrected chi connectivity index (χ3v) is 4.56. The highest BCUT2D eigenvalue weighted by Crippen LogP contribution is 2.26. The van der Waals surface area contributed by atoms with Crippen molar-refractivity contribution < 1.29 is 18.8 Å². The topological polar surface area (TPSA) is 84.7 Å². The predicted molar refractivity (Wildman–Crippen MR) is 90.2 cm³/mol. The molecule has 1 atom stereocenters. The average Bonchev–Trinajstić information content (AvgIpc) is 3.00. The van der Waals surface area contributed by atoms with Crippen LogP contribution in [0.5, 0.6) is 5.75 Å². The van der Waals surface area contributed by atoms with Gasteiger partial charge in [0.15, 0.2) is 0 Å². The molecule has 1 aromatic carbocycles. The molecule has 7 heteroatoms. The first-order valence-electron chi connectivity index (χ1n) is 8.03. The Morgan fingerprint density at radius 2 is 1.92 bits per heavy atom. The van der Waals surface area contributed by atoms with Gasteiger partial charge < -0.3 is 14.6 Å². The van der Waals surface area contributed by atoms with Crippen LogP contribution in [0.25, 0.3) is 0 Å². The summed E-state index contributed by atoms with van der Waals surface area (Å²) in [6.07, 6.45) is 0.402. The molecule has 0 radical (unpaired) electrons. The van der Waals surface area contributed by atoms with Crippen LogP contribution in [-0.4, -0.2) is 34.6 Å². The van der Waals surface area contributed by atoms with Crippen molar-refractivity contribution in [2.24, 2.45) is 0 Å². The number of nitrogens with zero attached hydrogens (tertiary/aromatic N) is 2. The summed E-state index contributed by atoms with van der Waals surface area (Å²) < 4.78 is 10.3. The van der Waals surface area contributed by atoms with E-state index in [1.165, 1.54) is 4.90 Å². The highest BCUT2D eigenvalue weighted by Gasteiger charge is 2.48. The maximum Gasteiger partial charge on any atom is 0.325 e. The molecule has 0 spiro atoms. The minimum absolute atomic E-state index is 0.157. The van der Waals surface area contributed by atoms with Gasteiger partial charge in [-0.15, -0.1) is 0 Å². The number of carbonyl (C=O) groups excluding carboxylic acids is 2. The summed E-state index contributed by atoms with van der Waals surface area (Å²) in [6, 6.07) is 7.05. The van der Waals surface area contributed by atoms with Crippen LogP contribution in [0, 0.1) is 13.8 Å². The van der Waals surface area contributed by atoms with Crippen molar-refractivity contribution >= 4 is 11.9 Å². The highest BCUT2D eigenvalue weighted by molar-refractivity contribution is 6.06. The molecule has 0 aliphatic carbocycles. The van der Waals surface area contributed by atoms with Crippen molar-refractivity contribution in [2.75, 3.05) is 7.11 Å². The minimum atomic E-state index is -0.982. The lowest BCUT2D eigenvalue weighted by Crippen LogP contribution is -2.45. The van der Waals surface area contributed by atoms with Gasteiger partial charge in [0.05, 0.1) is 19.3 Å². The van der Waals surface area contributed by atoms with E-state index < -0.39 is 11.6 Å². The zero-order valence-corrected chi connectivity index (χ0v) is 14.8. The number of aromatic nitrogens is 1. The van der Waals surface area contributed by atoms with Crippen molar-refractivity contribution in [2.45, 2.75) is 39.3 Å². The van der Waals surface area contributed by atoms with E-state index in [-0.39, 0.29) is 12.5 Å². The smallest absolute Gasteiger partial charge is 0.325 e. The molecule has 3 rings (SSSR count). The molecule has 1 fully saturated rings. The quantitative estimate of drug-likeness (QED) is 0.843. The molecule has 2 aromatic rings. The molecule has 0 saturated carbocycles. The number of imide groups is 1. The van der Waals surface area contributed by atoms with Gasteiger partial charge >= 0.3 is 6.03 Å². The van der Waals surface area contributed by atoms with Gasteiger partial charge in [0.2, 0.25) is 0 Å². The molecule has 1 aliphatic rings. The van der Waals surface area contributed by atoms with Crippen molar-refractivity contribution in [3.8, 4) is 5.75 Å². The Balaban J connectivity index is 1.79. The second-order valence-electron chi connectivity index (χ2n) is 6.48. The first kappa shape index (κ1) is 17.0. The number of urea groups is 1. The van der Waals surface area contributed by atoms with Crippen LogP contribution in [-0.2, 0) is 17.8 Å². The molecule has 1 aliphatic heterocycles. The molecule has 0 unspecified atom stereocenters. The van der Waals surface area contributed by atoms with Crippen LogP contribution in [0.4, 0.5) is 4.79 Å². The summed E-state index contributed by atoms with van der Waals surface area (Å²) in [4.78, 5) is 26.5. The predicted octanol–water partition coefficient (Wildman–Crippen LogP) is 2.35. The molecular weight excluding hydrogens is 322 g/mol. The minimum Gasteiger partial charge on any atom is -0.497 e. The molecule has 3 amide bonds. The van der Waals surface area contributed by atoms with Crippen molar-refractivity contribution in [1.82, 2.24) is 15.4 Å². The Kier molecular flexibility index (Phi) is 4.24. The number of amides is 3. The number of methoxy groups -OCH3 is 1. The highest BCUT2D eigenvalue weighted by atomic mass is 16.5. The van der Waals surface area contributed by atoms with E-state index in [0.717, 1.165) is 16.9 Å². The number of rotatable bonds is 5. The molecule has 7 nitrogen and oxygen atoms in total. The van der Waals surface area contributed by atoms with Crippen LogP contribution in [0.15, 0.2) is 28.8 Å². The number of benzene rings is 1. The molecule has 1 aromatic heterocycles. The van der Waals surface area contributed by atoms with Crippen LogP contribution in [0.3, 0.4) is 0 Å². The van der Waals surface area contributed by atoms with E-state index in [1.807, 2.05) is 24.3 Å². The number of aryl methyl sites for hydroxylation is 2. The fourth-order valence-electron chi connectivity index (χ4n) is 3.05. The lowest BCUT2D eigenvalue weighted by atomic mass is 9.92. The lowest BCUT2D eigenvalue weighted by Gasteiger charge is -2.22. The van der Waals surface area contributed by atoms with Crippen molar-refractivity contribution in [3.05, 3.63) is 46.8 Å². The number of hydrogen-bond donors (Lipinski definition) is 1. The van der Waals surface area contributed by atoms with E-state index in [2.05, 4.69) is 10.5 Å². The van der Waals surface area contributed by atoms with E-state index in [9.17, 15) is 9.59 Å². The Bertz CT molecular complexity index is 793. The summed E-state index contributed by atoms with van der Waals surface area (Å²) in [5, 5.41) is 6.69. The fourth-order valence-corrected chi connectivity index (χ4v) is 3.05. The summed E-state index contributed by atoms with van der Waals surface area (Å²) in [5.74, 6) is 1.10. The SMILES string of the molecule is COc1ccc(C[C@]2(C)NC(=O)N(Cc3c(C)noc3C)C2=O)cc1. The summed E-state index contributed by atoms with van der Waals surface area (Å²) in [6.45, 7) is 5.46. The molecule has 0 bridgehead atoms. The summed E-state index contributed by atoms with van der Waals surface area (Å²) in [7, 11) is 1.60. The van der Waals surface area contributed by atoms with Crippen LogP contribution >= 0.6 is 0 Å². The Labute approximate surface area is 145 Å². The summed E-state index contributed by atoms with van der Waals surface area (Å²) in [5.41, 5.74) is 1.40. The van der Waals surface area contributed by atoms with E-state index in [4.69, 9.17) is 9.26 Å². The van der Waals surface area contributed by atoms with Gasteiger partial charge in [0.25, 0.3) is 5.91 Å². The van der Waals surface area contributed by atoms with Gasteiger partial charge in [-0.1, -0.05) is 17.3 Å². The lowest BCUT2D eigenvalue weighted by molar-refractivity contribution is -0.131. The monoisotopic (exact) mass is 343 g/mol. The Morgan fingerprint density at radius 3 is 2.48 bits per heavy atom. The van der Waals surface area contributed by atoms with Crippen LogP contribution in [0.2, 0.25) is 0 Å². The first-order chi connectivity index (χ1) is 11.8. The van der Waals surface area contributed by atoms with Gasteiger partial charge in [-0.05, 0) is 38.5 Å². The van der Waals surface area contributed by atoms with Crippen molar-refractivity contribution in [3.63, 3.8) is 0 Å². The zero-order valence-electron chi connectivity index (χ0n) is 14.8. The number of nitrogens with one attached hydrogen (secondary N) is 1.